The van der Waals surface area contributed by atoms with E-state index in [0.29, 0.717) is 5.69 Å². The minimum absolute atomic E-state index is 0.129. The molecule has 1 aromatic heterocycles. The summed E-state index contributed by atoms with van der Waals surface area (Å²) >= 11 is 5.78. The molecule has 8 heteroatoms. The number of halogens is 4. The Morgan fingerprint density at radius 1 is 1.30 bits per heavy atom. The lowest BCUT2D eigenvalue weighted by molar-refractivity contribution is -0.141. The van der Waals surface area contributed by atoms with Gasteiger partial charge in [-0.15, -0.1) is 0 Å². The van der Waals surface area contributed by atoms with E-state index in [1.54, 1.807) is 24.3 Å². The van der Waals surface area contributed by atoms with Crippen LogP contribution in [0.3, 0.4) is 0 Å². The Kier molecular flexibility index (Phi) is 3.99. The molecule has 106 valence electrons. The third kappa shape index (κ3) is 3.11. The monoisotopic (exact) mass is 302 g/mol. The lowest BCUT2D eigenvalue weighted by Gasteiger charge is -2.03. The molecule has 0 fully saturated rings. The topological polar surface area (TPSA) is 42.2 Å². The van der Waals surface area contributed by atoms with Gasteiger partial charge in [0.1, 0.15) is 5.15 Å². The molecule has 0 amide bonds. The molecule has 2 aromatic rings. The van der Waals surface area contributed by atoms with Crippen LogP contribution in [0.1, 0.15) is 11.3 Å². The van der Waals surface area contributed by atoms with E-state index in [-0.39, 0.29) is 10.7 Å². The van der Waals surface area contributed by atoms with Crippen LogP contribution in [0.2, 0.25) is 5.15 Å². The zero-order valence-corrected chi connectivity index (χ0v) is 11.1. The van der Waals surface area contributed by atoms with E-state index in [4.69, 9.17) is 11.6 Å². The first-order chi connectivity index (χ1) is 9.39. The first-order valence-electron chi connectivity index (χ1n) is 5.53. The highest BCUT2D eigenvalue weighted by Crippen LogP contribution is 2.33. The molecule has 0 unspecified atom stereocenters. The van der Waals surface area contributed by atoms with Crippen LogP contribution in [0.4, 0.5) is 18.9 Å². The molecule has 4 nitrogen and oxygen atoms in total. The van der Waals surface area contributed by atoms with Gasteiger partial charge in [-0.1, -0.05) is 29.8 Å². The molecule has 0 aliphatic rings. The Labute approximate surface area is 117 Å². The summed E-state index contributed by atoms with van der Waals surface area (Å²) in [6, 6.07) is 8.82. The van der Waals surface area contributed by atoms with E-state index < -0.39 is 11.9 Å². The normalized spacial score (nSPS) is 12.1. The van der Waals surface area contributed by atoms with Gasteiger partial charge < -0.3 is 0 Å². The minimum atomic E-state index is -4.58. The number of aryl methyl sites for hydroxylation is 1. The SMILES string of the molecule is Cn1nc(C(F)(F)F)c(C=NNc2ccccc2)c1Cl. The number of aromatic nitrogens is 2. The summed E-state index contributed by atoms with van der Waals surface area (Å²) in [4.78, 5) is 0. The molecule has 2 rings (SSSR count). The minimum Gasteiger partial charge on any atom is -0.279 e. The van der Waals surface area contributed by atoms with E-state index in [1.165, 1.54) is 7.05 Å². The summed E-state index contributed by atoms with van der Waals surface area (Å²) in [7, 11) is 1.33. The fourth-order valence-electron chi connectivity index (χ4n) is 1.53. The van der Waals surface area contributed by atoms with Gasteiger partial charge in [0.25, 0.3) is 0 Å². The van der Waals surface area contributed by atoms with Gasteiger partial charge in [-0.3, -0.25) is 10.1 Å². The Hall–Kier alpha value is -2.02. The lowest BCUT2D eigenvalue weighted by Crippen LogP contribution is -2.09. The molecule has 0 spiro atoms. The number of rotatable bonds is 3. The third-order valence-corrected chi connectivity index (χ3v) is 2.89. The average Bonchev–Trinajstić information content (AvgIpc) is 2.68. The van der Waals surface area contributed by atoms with Crippen LogP contribution < -0.4 is 5.43 Å². The van der Waals surface area contributed by atoms with Crippen molar-refractivity contribution >= 4 is 23.5 Å². The van der Waals surface area contributed by atoms with Crippen molar-refractivity contribution in [2.24, 2.45) is 12.1 Å². The van der Waals surface area contributed by atoms with Crippen molar-refractivity contribution < 1.29 is 13.2 Å². The molecule has 0 atom stereocenters. The number of nitrogens with zero attached hydrogens (tertiary/aromatic N) is 3. The first kappa shape index (κ1) is 14.4. The van der Waals surface area contributed by atoms with Crippen molar-refractivity contribution in [3.8, 4) is 0 Å². The number of hydrazone groups is 1. The highest BCUT2D eigenvalue weighted by molar-refractivity contribution is 6.32. The predicted octanol–water partition coefficient (Wildman–Crippen LogP) is 3.54. The zero-order chi connectivity index (χ0) is 14.8. The van der Waals surface area contributed by atoms with Gasteiger partial charge in [-0.2, -0.15) is 23.4 Å². The molecule has 1 aromatic carbocycles. The van der Waals surface area contributed by atoms with Gasteiger partial charge in [-0.25, -0.2) is 0 Å². The van der Waals surface area contributed by atoms with Crippen LogP contribution in [0.25, 0.3) is 0 Å². The van der Waals surface area contributed by atoms with Gasteiger partial charge in [0.2, 0.25) is 0 Å². The fourth-order valence-corrected chi connectivity index (χ4v) is 1.70. The molecule has 0 bridgehead atoms. The van der Waals surface area contributed by atoms with Crippen LogP contribution in [0.5, 0.6) is 0 Å². The van der Waals surface area contributed by atoms with Crippen LogP contribution >= 0.6 is 11.6 Å². The van der Waals surface area contributed by atoms with Crippen molar-refractivity contribution in [1.29, 1.82) is 0 Å². The molecule has 0 saturated carbocycles. The van der Waals surface area contributed by atoms with Crippen LogP contribution in [0.15, 0.2) is 35.4 Å². The maximum absolute atomic E-state index is 12.8. The smallest absolute Gasteiger partial charge is 0.279 e. The van der Waals surface area contributed by atoms with Gasteiger partial charge in [0, 0.05) is 7.05 Å². The van der Waals surface area contributed by atoms with Crippen molar-refractivity contribution in [3.05, 3.63) is 46.7 Å². The third-order valence-electron chi connectivity index (χ3n) is 2.44. The molecular formula is C12H10ClF3N4. The fraction of sp³-hybridized carbons (Fsp3) is 0.167. The number of para-hydroxylation sites is 1. The van der Waals surface area contributed by atoms with Crippen molar-refractivity contribution in [1.82, 2.24) is 9.78 Å². The number of anilines is 1. The highest BCUT2D eigenvalue weighted by atomic mass is 35.5. The molecule has 1 N–H and O–H groups in total. The Morgan fingerprint density at radius 3 is 2.55 bits per heavy atom. The van der Waals surface area contributed by atoms with E-state index in [1.807, 2.05) is 6.07 Å². The second-order valence-electron chi connectivity index (χ2n) is 3.91. The van der Waals surface area contributed by atoms with Crippen molar-refractivity contribution in [2.45, 2.75) is 6.18 Å². The van der Waals surface area contributed by atoms with Gasteiger partial charge >= 0.3 is 6.18 Å². The molecule has 20 heavy (non-hydrogen) atoms. The highest BCUT2D eigenvalue weighted by Gasteiger charge is 2.38. The van der Waals surface area contributed by atoms with E-state index in [2.05, 4.69) is 15.6 Å². The molecule has 0 aliphatic carbocycles. The summed E-state index contributed by atoms with van der Waals surface area (Å²) in [5.74, 6) is 0. The second kappa shape index (κ2) is 5.54. The quantitative estimate of drug-likeness (QED) is 0.696. The number of hydrogen-bond acceptors (Lipinski definition) is 3. The number of benzene rings is 1. The number of alkyl halides is 3. The molecule has 0 aliphatic heterocycles. The molecular weight excluding hydrogens is 293 g/mol. The van der Waals surface area contributed by atoms with Gasteiger partial charge in [0.15, 0.2) is 5.69 Å². The molecule has 0 saturated heterocycles. The second-order valence-corrected chi connectivity index (χ2v) is 4.27. The zero-order valence-electron chi connectivity index (χ0n) is 10.3. The van der Waals surface area contributed by atoms with Crippen molar-refractivity contribution in [2.75, 3.05) is 5.43 Å². The average molecular weight is 303 g/mol. The Bertz CT molecular complexity index is 620. The van der Waals surface area contributed by atoms with Crippen LogP contribution in [-0.2, 0) is 13.2 Å². The summed E-state index contributed by atoms with van der Waals surface area (Å²) in [5.41, 5.74) is 1.93. The number of hydrogen-bond donors (Lipinski definition) is 1. The van der Waals surface area contributed by atoms with Gasteiger partial charge in [0.05, 0.1) is 17.5 Å². The van der Waals surface area contributed by atoms with E-state index >= 15 is 0 Å². The largest absolute Gasteiger partial charge is 0.435 e. The predicted molar refractivity (Wildman–Crippen MR) is 70.9 cm³/mol. The summed E-state index contributed by atoms with van der Waals surface area (Å²) in [6.07, 6.45) is -3.58. The Morgan fingerprint density at radius 2 is 1.95 bits per heavy atom. The van der Waals surface area contributed by atoms with Gasteiger partial charge in [-0.05, 0) is 12.1 Å². The summed E-state index contributed by atoms with van der Waals surface area (Å²) in [5, 5.41) is 6.97. The van der Waals surface area contributed by atoms with Crippen LogP contribution in [-0.4, -0.2) is 16.0 Å². The summed E-state index contributed by atoms with van der Waals surface area (Å²) < 4.78 is 39.3. The number of nitrogens with one attached hydrogen (secondary N) is 1. The lowest BCUT2D eigenvalue weighted by atomic mass is 10.2. The first-order valence-corrected chi connectivity index (χ1v) is 5.91. The maximum atomic E-state index is 12.8. The standard InChI is InChI=1S/C12H10ClF3N4/c1-20-11(13)9(10(19-20)12(14,15)16)7-17-18-8-5-3-2-4-6-8/h2-7,18H,1H3. The Balaban J connectivity index is 2.25. The molecule has 0 radical (unpaired) electrons. The van der Waals surface area contributed by atoms with E-state index in [0.717, 1.165) is 10.9 Å². The maximum Gasteiger partial charge on any atom is 0.435 e. The summed E-state index contributed by atoms with van der Waals surface area (Å²) in [6.45, 7) is 0. The van der Waals surface area contributed by atoms with E-state index in [9.17, 15) is 13.2 Å². The van der Waals surface area contributed by atoms with Crippen molar-refractivity contribution in [3.63, 3.8) is 0 Å². The van der Waals surface area contributed by atoms with Crippen LogP contribution in [0, 0.1) is 0 Å². The molecule has 1 heterocycles.